The Balaban J connectivity index is 2.64. The van der Waals surface area contributed by atoms with Crippen LogP contribution in [0.4, 0.5) is 0 Å². The largest absolute Gasteiger partial charge is 0.352 e. The molecule has 0 heterocycles. The van der Waals surface area contributed by atoms with Gasteiger partial charge in [0.25, 0.3) is 0 Å². The van der Waals surface area contributed by atoms with Crippen LogP contribution >= 0.6 is 0 Å². The van der Waals surface area contributed by atoms with E-state index in [1.54, 1.807) is 28.4 Å². The zero-order valence-corrected chi connectivity index (χ0v) is 12.4. The Morgan fingerprint density at radius 2 is 0.950 bits per heavy atom. The summed E-state index contributed by atoms with van der Waals surface area (Å²) in [5, 5.41) is 0. The SMILES string of the molecule is COC(/C=C/c1ccc(/C=C/C(OC)OC)cc1)OC. The maximum absolute atomic E-state index is 5.09. The van der Waals surface area contributed by atoms with Gasteiger partial charge in [0.1, 0.15) is 0 Å². The Morgan fingerprint density at radius 3 is 1.20 bits per heavy atom. The van der Waals surface area contributed by atoms with Gasteiger partial charge in [-0.1, -0.05) is 36.4 Å². The Kier molecular flexibility index (Phi) is 7.84. The molecule has 0 N–H and O–H groups in total. The molecule has 0 aliphatic heterocycles. The summed E-state index contributed by atoms with van der Waals surface area (Å²) in [6.45, 7) is 0. The van der Waals surface area contributed by atoms with Crippen molar-refractivity contribution in [2.45, 2.75) is 12.6 Å². The number of hydrogen-bond acceptors (Lipinski definition) is 4. The third-order valence-corrected chi connectivity index (χ3v) is 2.76. The van der Waals surface area contributed by atoms with Gasteiger partial charge in [-0.15, -0.1) is 0 Å². The molecule has 4 nitrogen and oxygen atoms in total. The van der Waals surface area contributed by atoms with E-state index in [1.807, 2.05) is 48.6 Å². The average Bonchev–Trinajstić information content (AvgIpc) is 2.50. The van der Waals surface area contributed by atoms with Crippen molar-refractivity contribution >= 4 is 12.2 Å². The van der Waals surface area contributed by atoms with Gasteiger partial charge in [-0.25, -0.2) is 0 Å². The zero-order chi connectivity index (χ0) is 14.8. The predicted octanol–water partition coefficient (Wildman–Crippen LogP) is 2.95. The van der Waals surface area contributed by atoms with E-state index in [2.05, 4.69) is 0 Å². The fraction of sp³-hybridized carbons (Fsp3) is 0.375. The van der Waals surface area contributed by atoms with Crippen molar-refractivity contribution in [2.24, 2.45) is 0 Å². The van der Waals surface area contributed by atoms with Gasteiger partial charge in [-0.05, 0) is 23.3 Å². The van der Waals surface area contributed by atoms with Crippen molar-refractivity contribution in [3.05, 3.63) is 47.5 Å². The van der Waals surface area contributed by atoms with E-state index < -0.39 is 0 Å². The second-order valence-electron chi connectivity index (χ2n) is 4.06. The van der Waals surface area contributed by atoms with E-state index in [0.29, 0.717) is 0 Å². The second kappa shape index (κ2) is 9.44. The third kappa shape index (κ3) is 5.67. The van der Waals surface area contributed by atoms with Crippen LogP contribution in [0.2, 0.25) is 0 Å². The number of benzene rings is 1. The van der Waals surface area contributed by atoms with Gasteiger partial charge in [0.2, 0.25) is 0 Å². The monoisotopic (exact) mass is 278 g/mol. The quantitative estimate of drug-likeness (QED) is 0.685. The van der Waals surface area contributed by atoms with E-state index in [4.69, 9.17) is 18.9 Å². The highest BCUT2D eigenvalue weighted by molar-refractivity contribution is 5.56. The summed E-state index contributed by atoms with van der Waals surface area (Å²) in [6.07, 6.45) is 6.99. The molecule has 1 aromatic carbocycles. The second-order valence-corrected chi connectivity index (χ2v) is 4.06. The van der Waals surface area contributed by atoms with Crippen molar-refractivity contribution in [2.75, 3.05) is 28.4 Å². The Hall–Kier alpha value is -1.46. The van der Waals surface area contributed by atoms with Gasteiger partial charge in [0.05, 0.1) is 0 Å². The molecule has 0 atom stereocenters. The Morgan fingerprint density at radius 1 is 0.650 bits per heavy atom. The van der Waals surface area contributed by atoms with Crippen LogP contribution in [-0.4, -0.2) is 41.0 Å². The van der Waals surface area contributed by atoms with Crippen LogP contribution in [0.1, 0.15) is 11.1 Å². The molecule has 0 amide bonds. The lowest BCUT2D eigenvalue weighted by molar-refractivity contribution is -0.0662. The highest BCUT2D eigenvalue weighted by Gasteiger charge is 1.99. The number of rotatable bonds is 8. The van der Waals surface area contributed by atoms with Crippen LogP contribution < -0.4 is 0 Å². The van der Waals surface area contributed by atoms with Crippen LogP contribution in [0.25, 0.3) is 12.2 Å². The minimum Gasteiger partial charge on any atom is -0.352 e. The van der Waals surface area contributed by atoms with Crippen LogP contribution in [0.3, 0.4) is 0 Å². The highest BCUT2D eigenvalue weighted by Crippen LogP contribution is 2.10. The first-order valence-corrected chi connectivity index (χ1v) is 6.31. The first kappa shape index (κ1) is 16.6. The molecule has 0 saturated heterocycles. The molecule has 1 aromatic rings. The highest BCUT2D eigenvalue weighted by atomic mass is 16.7. The summed E-state index contributed by atoms with van der Waals surface area (Å²) in [5.74, 6) is 0. The van der Waals surface area contributed by atoms with Crippen molar-refractivity contribution < 1.29 is 18.9 Å². The lowest BCUT2D eigenvalue weighted by Gasteiger charge is -2.08. The molecular formula is C16H22O4. The predicted molar refractivity (Wildman–Crippen MR) is 80.1 cm³/mol. The Bertz CT molecular complexity index is 374. The number of hydrogen-bond donors (Lipinski definition) is 0. The smallest absolute Gasteiger partial charge is 0.176 e. The number of ether oxygens (including phenoxy) is 4. The number of methoxy groups -OCH3 is 4. The molecule has 4 heteroatoms. The van der Waals surface area contributed by atoms with E-state index in [-0.39, 0.29) is 12.6 Å². The van der Waals surface area contributed by atoms with Gasteiger partial charge < -0.3 is 18.9 Å². The fourth-order valence-electron chi connectivity index (χ4n) is 1.60. The van der Waals surface area contributed by atoms with Gasteiger partial charge in [-0.2, -0.15) is 0 Å². The standard InChI is InChI=1S/C16H22O4/c1-17-15(18-2)11-9-13-5-7-14(8-6-13)10-12-16(19-3)20-4/h5-12,15-16H,1-4H3/b11-9+,12-10+. The van der Waals surface area contributed by atoms with E-state index in [1.165, 1.54) is 0 Å². The maximum Gasteiger partial charge on any atom is 0.176 e. The summed E-state index contributed by atoms with van der Waals surface area (Å²) < 4.78 is 20.3. The van der Waals surface area contributed by atoms with Gasteiger partial charge in [0, 0.05) is 28.4 Å². The Labute approximate surface area is 120 Å². The molecule has 1 rings (SSSR count). The molecule has 0 aliphatic carbocycles. The first-order valence-electron chi connectivity index (χ1n) is 6.31. The van der Waals surface area contributed by atoms with E-state index in [0.717, 1.165) is 11.1 Å². The average molecular weight is 278 g/mol. The summed E-state index contributed by atoms with van der Waals surface area (Å²) in [7, 11) is 6.42. The normalized spacial score (nSPS) is 12.3. The fourth-order valence-corrected chi connectivity index (χ4v) is 1.60. The van der Waals surface area contributed by atoms with E-state index >= 15 is 0 Å². The van der Waals surface area contributed by atoms with Crippen LogP contribution in [0.5, 0.6) is 0 Å². The van der Waals surface area contributed by atoms with Gasteiger partial charge in [-0.3, -0.25) is 0 Å². The van der Waals surface area contributed by atoms with Crippen LogP contribution in [0.15, 0.2) is 36.4 Å². The molecule has 0 fully saturated rings. The first-order chi connectivity index (χ1) is 9.73. The molecule has 0 bridgehead atoms. The van der Waals surface area contributed by atoms with E-state index in [9.17, 15) is 0 Å². The minimum atomic E-state index is -0.321. The minimum absolute atomic E-state index is 0.321. The summed E-state index contributed by atoms with van der Waals surface area (Å²) >= 11 is 0. The lowest BCUT2D eigenvalue weighted by Crippen LogP contribution is -2.08. The molecule has 20 heavy (non-hydrogen) atoms. The van der Waals surface area contributed by atoms with Crippen LogP contribution in [0, 0.1) is 0 Å². The summed E-state index contributed by atoms with van der Waals surface area (Å²) in [6, 6.07) is 8.08. The van der Waals surface area contributed by atoms with Crippen molar-refractivity contribution in [1.29, 1.82) is 0 Å². The zero-order valence-electron chi connectivity index (χ0n) is 12.4. The lowest BCUT2D eigenvalue weighted by atomic mass is 10.1. The van der Waals surface area contributed by atoms with Gasteiger partial charge >= 0.3 is 0 Å². The molecule has 0 spiro atoms. The van der Waals surface area contributed by atoms with Crippen molar-refractivity contribution in [3.63, 3.8) is 0 Å². The molecule has 0 aliphatic rings. The third-order valence-electron chi connectivity index (χ3n) is 2.76. The van der Waals surface area contributed by atoms with Crippen molar-refractivity contribution in [3.8, 4) is 0 Å². The summed E-state index contributed by atoms with van der Waals surface area (Å²) in [4.78, 5) is 0. The molecule has 0 aromatic heterocycles. The summed E-state index contributed by atoms with van der Waals surface area (Å²) in [5.41, 5.74) is 2.16. The van der Waals surface area contributed by atoms with Gasteiger partial charge in [0.15, 0.2) is 12.6 Å². The van der Waals surface area contributed by atoms with Crippen LogP contribution in [-0.2, 0) is 18.9 Å². The molecular weight excluding hydrogens is 256 g/mol. The van der Waals surface area contributed by atoms with Crippen molar-refractivity contribution in [1.82, 2.24) is 0 Å². The molecule has 0 radical (unpaired) electrons. The topological polar surface area (TPSA) is 36.9 Å². The molecule has 0 unspecified atom stereocenters. The molecule has 110 valence electrons. The molecule has 0 saturated carbocycles. The maximum atomic E-state index is 5.09.